The monoisotopic (exact) mass is 316 g/mol. The van der Waals surface area contributed by atoms with Gasteiger partial charge in [-0.05, 0) is 43.7 Å². The van der Waals surface area contributed by atoms with Gasteiger partial charge in [-0.25, -0.2) is 4.39 Å². The molecule has 0 bridgehead atoms. The van der Waals surface area contributed by atoms with Gasteiger partial charge in [0.25, 0.3) is 0 Å². The number of halogens is 1. The first kappa shape index (κ1) is 15.3. The van der Waals surface area contributed by atoms with E-state index in [4.69, 9.17) is 4.42 Å². The van der Waals surface area contributed by atoms with E-state index in [-0.39, 0.29) is 24.3 Å². The molecule has 0 unspecified atom stereocenters. The SMILES string of the molecule is Cc1ccc([C@@H](C)NC(=O)[C@@H]2CC(=O)Nc3cc(F)ccc32)o1. The third kappa shape index (κ3) is 3.11. The molecule has 2 atom stereocenters. The van der Waals surface area contributed by atoms with Crippen molar-refractivity contribution in [3.8, 4) is 0 Å². The van der Waals surface area contributed by atoms with Crippen molar-refractivity contribution in [1.82, 2.24) is 5.32 Å². The van der Waals surface area contributed by atoms with Crippen molar-refractivity contribution in [2.75, 3.05) is 5.32 Å². The summed E-state index contributed by atoms with van der Waals surface area (Å²) in [6, 6.07) is 7.37. The van der Waals surface area contributed by atoms with Crippen molar-refractivity contribution in [3.63, 3.8) is 0 Å². The Labute approximate surface area is 132 Å². The predicted molar refractivity (Wildman–Crippen MR) is 82.4 cm³/mol. The minimum atomic E-state index is -0.641. The summed E-state index contributed by atoms with van der Waals surface area (Å²) in [7, 11) is 0. The molecular weight excluding hydrogens is 299 g/mol. The zero-order valence-electron chi connectivity index (χ0n) is 12.9. The average molecular weight is 316 g/mol. The minimum absolute atomic E-state index is 0.0361. The number of fused-ring (bicyclic) bond motifs is 1. The number of hydrogen-bond acceptors (Lipinski definition) is 3. The number of amides is 2. The van der Waals surface area contributed by atoms with Gasteiger partial charge in [-0.15, -0.1) is 0 Å². The number of furan rings is 1. The van der Waals surface area contributed by atoms with Crippen molar-refractivity contribution in [3.05, 3.63) is 53.2 Å². The molecule has 5 nitrogen and oxygen atoms in total. The molecule has 0 spiro atoms. The van der Waals surface area contributed by atoms with Gasteiger partial charge in [0.2, 0.25) is 11.8 Å². The van der Waals surface area contributed by atoms with Crippen molar-refractivity contribution in [2.45, 2.75) is 32.2 Å². The number of aryl methyl sites for hydroxylation is 1. The molecule has 23 heavy (non-hydrogen) atoms. The van der Waals surface area contributed by atoms with Crippen LogP contribution >= 0.6 is 0 Å². The molecule has 0 fully saturated rings. The number of rotatable bonds is 3. The van der Waals surface area contributed by atoms with E-state index in [1.807, 2.05) is 19.9 Å². The highest BCUT2D eigenvalue weighted by atomic mass is 19.1. The number of carbonyl (C=O) groups is 2. The van der Waals surface area contributed by atoms with Gasteiger partial charge in [0.15, 0.2) is 0 Å². The maximum Gasteiger partial charge on any atom is 0.228 e. The lowest BCUT2D eigenvalue weighted by molar-refractivity contribution is -0.126. The Balaban J connectivity index is 1.81. The van der Waals surface area contributed by atoms with E-state index in [1.54, 1.807) is 6.07 Å². The second kappa shape index (κ2) is 5.87. The molecule has 1 aliphatic rings. The lowest BCUT2D eigenvalue weighted by atomic mass is 9.89. The number of nitrogens with one attached hydrogen (secondary N) is 2. The molecule has 2 aromatic rings. The molecule has 3 rings (SSSR count). The number of carbonyl (C=O) groups excluding carboxylic acids is 2. The topological polar surface area (TPSA) is 71.3 Å². The summed E-state index contributed by atoms with van der Waals surface area (Å²) in [6.07, 6.45) is 0.0361. The fourth-order valence-corrected chi connectivity index (χ4v) is 2.74. The molecule has 0 aliphatic carbocycles. The minimum Gasteiger partial charge on any atom is -0.464 e. The highest BCUT2D eigenvalue weighted by Crippen LogP contribution is 2.33. The van der Waals surface area contributed by atoms with Gasteiger partial charge in [-0.2, -0.15) is 0 Å². The summed E-state index contributed by atoms with van der Waals surface area (Å²) in [4.78, 5) is 24.3. The lowest BCUT2D eigenvalue weighted by Crippen LogP contribution is -2.36. The fourth-order valence-electron chi connectivity index (χ4n) is 2.74. The average Bonchev–Trinajstić information content (AvgIpc) is 2.92. The lowest BCUT2D eigenvalue weighted by Gasteiger charge is -2.26. The smallest absolute Gasteiger partial charge is 0.228 e. The Morgan fingerprint density at radius 3 is 2.87 bits per heavy atom. The second-order valence-corrected chi connectivity index (χ2v) is 5.72. The highest BCUT2D eigenvalue weighted by Gasteiger charge is 2.31. The largest absolute Gasteiger partial charge is 0.464 e. The normalized spacial score (nSPS) is 18.0. The van der Waals surface area contributed by atoms with Gasteiger partial charge in [-0.1, -0.05) is 6.07 Å². The summed E-state index contributed by atoms with van der Waals surface area (Å²) < 4.78 is 18.8. The van der Waals surface area contributed by atoms with E-state index in [1.165, 1.54) is 18.2 Å². The summed E-state index contributed by atoms with van der Waals surface area (Å²) in [5, 5.41) is 5.45. The predicted octanol–water partition coefficient (Wildman–Crippen LogP) is 3.03. The number of anilines is 1. The molecule has 120 valence electrons. The maximum absolute atomic E-state index is 13.3. The van der Waals surface area contributed by atoms with Gasteiger partial charge in [0.1, 0.15) is 17.3 Å². The van der Waals surface area contributed by atoms with Crippen LogP contribution in [0.15, 0.2) is 34.7 Å². The molecule has 0 saturated heterocycles. The summed E-state index contributed by atoms with van der Waals surface area (Å²) in [5.41, 5.74) is 0.967. The Bertz CT molecular complexity index is 769. The quantitative estimate of drug-likeness (QED) is 0.914. The summed E-state index contributed by atoms with van der Waals surface area (Å²) >= 11 is 0. The Morgan fingerprint density at radius 1 is 1.39 bits per heavy atom. The third-order valence-corrected chi connectivity index (χ3v) is 3.92. The molecular formula is C17H17FN2O3. The third-order valence-electron chi connectivity index (χ3n) is 3.92. The van der Waals surface area contributed by atoms with Crippen LogP contribution in [0.5, 0.6) is 0 Å². The first-order valence-electron chi connectivity index (χ1n) is 7.40. The van der Waals surface area contributed by atoms with E-state index in [9.17, 15) is 14.0 Å². The van der Waals surface area contributed by atoms with Gasteiger partial charge in [-0.3, -0.25) is 9.59 Å². The van der Waals surface area contributed by atoms with Crippen LogP contribution < -0.4 is 10.6 Å². The maximum atomic E-state index is 13.3. The van der Waals surface area contributed by atoms with Crippen LogP contribution in [-0.4, -0.2) is 11.8 Å². The van der Waals surface area contributed by atoms with Crippen LogP contribution in [0.1, 0.15) is 42.4 Å². The van der Waals surface area contributed by atoms with Gasteiger partial charge in [0, 0.05) is 12.1 Å². The molecule has 1 aromatic heterocycles. The zero-order chi connectivity index (χ0) is 16.6. The molecule has 1 aromatic carbocycles. The summed E-state index contributed by atoms with van der Waals surface area (Å²) in [6.45, 7) is 3.64. The molecule has 2 N–H and O–H groups in total. The fraction of sp³-hybridized carbons (Fsp3) is 0.294. The van der Waals surface area contributed by atoms with Crippen molar-refractivity contribution < 1.29 is 18.4 Å². The van der Waals surface area contributed by atoms with Gasteiger partial charge >= 0.3 is 0 Å². The van der Waals surface area contributed by atoms with Crippen molar-refractivity contribution >= 4 is 17.5 Å². The Hall–Kier alpha value is -2.63. The molecule has 6 heteroatoms. The van der Waals surface area contributed by atoms with Crippen LogP contribution in [0.25, 0.3) is 0 Å². The standard InChI is InChI=1S/C17H17FN2O3/c1-9-3-6-15(23-9)10(2)19-17(22)13-8-16(21)20-14-7-11(18)4-5-12(13)14/h3-7,10,13H,8H2,1-2H3,(H,19,22)(H,20,21)/t10-,13-/m1/s1. The first-order chi connectivity index (χ1) is 10.9. The van der Waals surface area contributed by atoms with E-state index in [2.05, 4.69) is 10.6 Å². The van der Waals surface area contributed by atoms with Crippen molar-refractivity contribution in [1.29, 1.82) is 0 Å². The number of benzene rings is 1. The van der Waals surface area contributed by atoms with Crippen molar-refractivity contribution in [2.24, 2.45) is 0 Å². The van der Waals surface area contributed by atoms with Crippen LogP contribution in [-0.2, 0) is 9.59 Å². The Kier molecular flexibility index (Phi) is 3.90. The van der Waals surface area contributed by atoms with E-state index < -0.39 is 11.7 Å². The molecule has 1 aliphatic heterocycles. The second-order valence-electron chi connectivity index (χ2n) is 5.72. The molecule has 2 heterocycles. The van der Waals surface area contributed by atoms with E-state index in [0.717, 1.165) is 5.76 Å². The van der Waals surface area contributed by atoms with Gasteiger partial charge in [0.05, 0.1) is 12.0 Å². The van der Waals surface area contributed by atoms with Gasteiger partial charge < -0.3 is 15.1 Å². The summed E-state index contributed by atoms with van der Waals surface area (Å²) in [5.74, 6) is -0.268. The van der Waals surface area contributed by atoms with Crippen LogP contribution in [0, 0.1) is 12.7 Å². The molecule has 0 saturated carbocycles. The zero-order valence-corrected chi connectivity index (χ0v) is 12.9. The molecule has 2 amide bonds. The first-order valence-corrected chi connectivity index (χ1v) is 7.40. The highest BCUT2D eigenvalue weighted by molar-refractivity contribution is 6.01. The molecule has 0 radical (unpaired) electrons. The Morgan fingerprint density at radius 2 is 2.17 bits per heavy atom. The van der Waals surface area contributed by atoms with E-state index in [0.29, 0.717) is 17.0 Å². The van der Waals surface area contributed by atoms with Crippen LogP contribution in [0.3, 0.4) is 0 Å². The number of hydrogen-bond donors (Lipinski definition) is 2. The van der Waals surface area contributed by atoms with Crippen LogP contribution in [0.4, 0.5) is 10.1 Å². The van der Waals surface area contributed by atoms with Crippen LogP contribution in [0.2, 0.25) is 0 Å². The van der Waals surface area contributed by atoms with E-state index >= 15 is 0 Å².